The number of phenolic OH excluding ortho intramolecular Hbond substituents is 4. The van der Waals surface area contributed by atoms with E-state index in [1.54, 1.807) is 24.3 Å². The van der Waals surface area contributed by atoms with E-state index in [2.05, 4.69) is 0 Å². The second kappa shape index (κ2) is 4.88. The summed E-state index contributed by atoms with van der Waals surface area (Å²) in [5.41, 5.74) is 0.938. The highest BCUT2D eigenvalue weighted by Gasteiger charge is 2.41. The molecule has 1 aliphatic carbocycles. The van der Waals surface area contributed by atoms with Gasteiger partial charge < -0.3 is 20.4 Å². The number of phenols is 4. The third-order valence-corrected chi connectivity index (χ3v) is 4.45. The lowest BCUT2D eigenvalue weighted by atomic mass is 9.72. The predicted molar refractivity (Wildman–Crippen MR) is 78.8 cm³/mol. The third-order valence-electron chi connectivity index (χ3n) is 4.45. The summed E-state index contributed by atoms with van der Waals surface area (Å²) in [6.07, 6.45) is 3.62. The van der Waals surface area contributed by atoms with Crippen LogP contribution in [0.2, 0.25) is 0 Å². The van der Waals surface area contributed by atoms with Crippen LogP contribution in [0, 0.1) is 0 Å². The van der Waals surface area contributed by atoms with Gasteiger partial charge in [0.1, 0.15) is 23.0 Å². The Morgan fingerprint density at radius 1 is 0.667 bits per heavy atom. The van der Waals surface area contributed by atoms with Crippen LogP contribution in [0.3, 0.4) is 0 Å². The Kier molecular flexibility index (Phi) is 3.16. The van der Waals surface area contributed by atoms with E-state index in [-0.39, 0.29) is 23.0 Å². The fourth-order valence-corrected chi connectivity index (χ4v) is 3.51. The zero-order chi connectivity index (χ0) is 15.0. The van der Waals surface area contributed by atoms with Gasteiger partial charge in [-0.3, -0.25) is 0 Å². The van der Waals surface area contributed by atoms with Crippen LogP contribution >= 0.6 is 0 Å². The van der Waals surface area contributed by atoms with E-state index in [4.69, 9.17) is 0 Å². The average molecular weight is 286 g/mol. The quantitative estimate of drug-likeness (QED) is 0.682. The molecule has 0 amide bonds. The first kappa shape index (κ1) is 13.6. The van der Waals surface area contributed by atoms with Crippen LogP contribution in [-0.2, 0) is 5.41 Å². The molecule has 2 aromatic carbocycles. The van der Waals surface area contributed by atoms with E-state index < -0.39 is 5.41 Å². The van der Waals surface area contributed by atoms with Crippen molar-refractivity contribution in [1.82, 2.24) is 0 Å². The van der Waals surface area contributed by atoms with Crippen molar-refractivity contribution in [3.05, 3.63) is 47.5 Å². The number of hydrogen-bond donors (Lipinski definition) is 4. The molecule has 1 saturated carbocycles. The first-order valence-electron chi connectivity index (χ1n) is 7.08. The summed E-state index contributed by atoms with van der Waals surface area (Å²) >= 11 is 0. The van der Waals surface area contributed by atoms with Crippen LogP contribution in [0.4, 0.5) is 0 Å². The minimum absolute atomic E-state index is 0.0133. The van der Waals surface area contributed by atoms with Gasteiger partial charge in [0.15, 0.2) is 0 Å². The van der Waals surface area contributed by atoms with E-state index in [0.29, 0.717) is 11.1 Å². The smallest absolute Gasteiger partial charge is 0.123 e. The maximum Gasteiger partial charge on any atom is 0.123 e. The molecule has 110 valence electrons. The van der Waals surface area contributed by atoms with Gasteiger partial charge in [0.05, 0.1) is 0 Å². The van der Waals surface area contributed by atoms with Gasteiger partial charge >= 0.3 is 0 Å². The molecule has 0 heterocycles. The number of benzene rings is 2. The van der Waals surface area contributed by atoms with E-state index >= 15 is 0 Å². The number of hydrogen-bond acceptors (Lipinski definition) is 4. The Morgan fingerprint density at radius 2 is 1.10 bits per heavy atom. The minimum atomic E-state index is -0.477. The second-order valence-electron chi connectivity index (χ2n) is 5.69. The Morgan fingerprint density at radius 3 is 1.48 bits per heavy atom. The van der Waals surface area contributed by atoms with Crippen molar-refractivity contribution in [1.29, 1.82) is 0 Å². The molecule has 4 heteroatoms. The molecule has 0 aromatic heterocycles. The fraction of sp³-hybridized carbons (Fsp3) is 0.294. The number of aromatic hydroxyl groups is 4. The Balaban J connectivity index is 2.20. The Hall–Kier alpha value is -2.36. The zero-order valence-electron chi connectivity index (χ0n) is 11.6. The molecule has 0 spiro atoms. The van der Waals surface area contributed by atoms with Gasteiger partial charge in [-0.25, -0.2) is 0 Å². The van der Waals surface area contributed by atoms with Gasteiger partial charge in [-0.15, -0.1) is 0 Å². The van der Waals surface area contributed by atoms with Gasteiger partial charge in [0, 0.05) is 28.7 Å². The van der Waals surface area contributed by atoms with Crippen LogP contribution in [0.15, 0.2) is 36.4 Å². The number of rotatable bonds is 2. The molecule has 2 aromatic rings. The highest BCUT2D eigenvalue weighted by Crippen LogP contribution is 2.52. The molecule has 4 nitrogen and oxygen atoms in total. The molecule has 3 rings (SSSR count). The van der Waals surface area contributed by atoms with E-state index in [0.717, 1.165) is 25.7 Å². The topological polar surface area (TPSA) is 80.9 Å². The SMILES string of the molecule is Oc1ccc(C2(c3ccc(O)cc3O)CCCC2)c(O)c1. The Bertz CT molecular complexity index is 619. The molecular weight excluding hydrogens is 268 g/mol. The van der Waals surface area contributed by atoms with Crippen LogP contribution < -0.4 is 0 Å². The summed E-state index contributed by atoms with van der Waals surface area (Å²) < 4.78 is 0. The summed E-state index contributed by atoms with van der Waals surface area (Å²) in [4.78, 5) is 0. The molecule has 0 radical (unpaired) electrons. The molecule has 0 unspecified atom stereocenters. The van der Waals surface area contributed by atoms with Crippen LogP contribution in [-0.4, -0.2) is 20.4 Å². The molecule has 0 saturated heterocycles. The molecule has 4 N–H and O–H groups in total. The van der Waals surface area contributed by atoms with Gasteiger partial charge in [-0.2, -0.15) is 0 Å². The average Bonchev–Trinajstić information content (AvgIpc) is 2.88. The van der Waals surface area contributed by atoms with Crippen LogP contribution in [0.25, 0.3) is 0 Å². The maximum atomic E-state index is 10.2. The molecule has 0 aliphatic heterocycles. The molecule has 21 heavy (non-hydrogen) atoms. The molecule has 1 aliphatic rings. The zero-order valence-corrected chi connectivity index (χ0v) is 11.6. The van der Waals surface area contributed by atoms with Gasteiger partial charge in [-0.05, 0) is 25.0 Å². The third kappa shape index (κ3) is 2.17. The Labute approximate surface area is 122 Å². The lowest BCUT2D eigenvalue weighted by Crippen LogP contribution is -2.24. The summed E-state index contributed by atoms with van der Waals surface area (Å²) in [5.74, 6) is 0.0902. The van der Waals surface area contributed by atoms with Crippen molar-refractivity contribution in [2.45, 2.75) is 31.1 Å². The summed E-state index contributed by atoms with van der Waals surface area (Å²) in [5, 5.41) is 39.4. The van der Waals surface area contributed by atoms with Gasteiger partial charge in [0.25, 0.3) is 0 Å². The van der Waals surface area contributed by atoms with Crippen molar-refractivity contribution >= 4 is 0 Å². The van der Waals surface area contributed by atoms with Crippen molar-refractivity contribution < 1.29 is 20.4 Å². The minimum Gasteiger partial charge on any atom is -0.508 e. The van der Waals surface area contributed by atoms with Crippen molar-refractivity contribution in [3.8, 4) is 23.0 Å². The molecular formula is C17H18O4. The van der Waals surface area contributed by atoms with Gasteiger partial charge in [-0.1, -0.05) is 25.0 Å². The lowest BCUT2D eigenvalue weighted by molar-refractivity contribution is 0.406. The van der Waals surface area contributed by atoms with Crippen molar-refractivity contribution in [2.75, 3.05) is 0 Å². The monoisotopic (exact) mass is 286 g/mol. The predicted octanol–water partition coefficient (Wildman–Crippen LogP) is 3.37. The lowest BCUT2D eigenvalue weighted by Gasteiger charge is -2.31. The highest BCUT2D eigenvalue weighted by molar-refractivity contribution is 5.54. The highest BCUT2D eigenvalue weighted by atomic mass is 16.3. The normalized spacial score (nSPS) is 17.0. The van der Waals surface area contributed by atoms with Crippen LogP contribution in [0.5, 0.6) is 23.0 Å². The molecule has 1 fully saturated rings. The maximum absolute atomic E-state index is 10.2. The second-order valence-corrected chi connectivity index (χ2v) is 5.69. The molecule has 0 bridgehead atoms. The van der Waals surface area contributed by atoms with Gasteiger partial charge in [0.2, 0.25) is 0 Å². The summed E-state index contributed by atoms with van der Waals surface area (Å²) in [6, 6.07) is 9.17. The van der Waals surface area contributed by atoms with E-state index in [1.807, 2.05) is 0 Å². The molecule has 0 atom stereocenters. The van der Waals surface area contributed by atoms with E-state index in [9.17, 15) is 20.4 Å². The summed E-state index contributed by atoms with van der Waals surface area (Å²) in [7, 11) is 0. The summed E-state index contributed by atoms with van der Waals surface area (Å²) in [6.45, 7) is 0. The van der Waals surface area contributed by atoms with Crippen molar-refractivity contribution in [3.63, 3.8) is 0 Å². The standard InChI is InChI=1S/C17H18O4/c18-11-3-5-13(15(20)9-11)17(7-1-2-8-17)14-6-4-12(19)10-16(14)21/h3-6,9-10,18-21H,1-2,7-8H2. The van der Waals surface area contributed by atoms with Crippen molar-refractivity contribution in [2.24, 2.45) is 0 Å². The van der Waals surface area contributed by atoms with E-state index in [1.165, 1.54) is 12.1 Å². The fourth-order valence-electron chi connectivity index (χ4n) is 3.51. The van der Waals surface area contributed by atoms with Crippen LogP contribution in [0.1, 0.15) is 36.8 Å². The first-order valence-corrected chi connectivity index (χ1v) is 7.08. The largest absolute Gasteiger partial charge is 0.508 e. The first-order chi connectivity index (χ1) is 10.0.